The Bertz CT molecular complexity index is 992. The molecule has 1 fully saturated rings. The van der Waals surface area contributed by atoms with Gasteiger partial charge in [-0.15, -0.1) is 0 Å². The maximum absolute atomic E-state index is 12.7. The molecule has 162 valence electrons. The second-order valence-electron chi connectivity index (χ2n) is 7.28. The van der Waals surface area contributed by atoms with Gasteiger partial charge in [0.1, 0.15) is 0 Å². The van der Waals surface area contributed by atoms with E-state index in [-0.39, 0.29) is 6.03 Å². The first-order chi connectivity index (χ1) is 15.0. The molecule has 0 bridgehead atoms. The number of anilines is 1. The number of nitrogens with zero attached hydrogens (tertiary/aromatic N) is 4. The molecular formula is C21H23ClN6O3. The number of halogens is 1. The molecule has 1 atom stereocenters. The van der Waals surface area contributed by atoms with E-state index in [2.05, 4.69) is 30.4 Å². The lowest BCUT2D eigenvalue weighted by Gasteiger charge is -2.37. The van der Waals surface area contributed by atoms with Crippen LogP contribution in [-0.2, 0) is 9.53 Å². The van der Waals surface area contributed by atoms with Crippen molar-refractivity contribution in [2.24, 2.45) is 0 Å². The Kier molecular flexibility index (Phi) is 6.34. The zero-order valence-electron chi connectivity index (χ0n) is 17.0. The Morgan fingerprint density at radius 3 is 2.61 bits per heavy atom. The minimum absolute atomic E-state index is 0.371. The molecule has 2 aliphatic rings. The van der Waals surface area contributed by atoms with Crippen LogP contribution >= 0.6 is 11.6 Å². The average Bonchev–Trinajstić information content (AvgIpc) is 2.79. The van der Waals surface area contributed by atoms with E-state index in [0.29, 0.717) is 34.3 Å². The van der Waals surface area contributed by atoms with Gasteiger partial charge in [0.25, 0.3) is 0 Å². The van der Waals surface area contributed by atoms with E-state index in [0.717, 1.165) is 26.2 Å². The number of nitrogens with one attached hydrogen (secondary N) is 2. The fourth-order valence-electron chi connectivity index (χ4n) is 3.81. The molecule has 4 rings (SSSR count). The van der Waals surface area contributed by atoms with Crippen molar-refractivity contribution in [1.29, 1.82) is 0 Å². The SMILES string of the molecule is COC(=O)C1=C(CN2CCN(c3ncccn3)CC2)NC(=O)N[C@H]1c1cccc(Cl)c1. The van der Waals surface area contributed by atoms with E-state index in [1.165, 1.54) is 7.11 Å². The first-order valence-electron chi connectivity index (χ1n) is 9.94. The van der Waals surface area contributed by atoms with Gasteiger partial charge in [-0.25, -0.2) is 19.6 Å². The monoisotopic (exact) mass is 442 g/mol. The zero-order valence-corrected chi connectivity index (χ0v) is 17.8. The number of aromatic nitrogens is 2. The van der Waals surface area contributed by atoms with Crippen molar-refractivity contribution in [2.45, 2.75) is 6.04 Å². The Morgan fingerprint density at radius 2 is 1.94 bits per heavy atom. The standard InChI is InChI=1S/C21H23ClN6O3/c1-31-19(29)17-16(25-21(30)26-18(17)14-4-2-5-15(22)12-14)13-27-8-10-28(11-9-27)20-23-6-3-7-24-20/h2-7,12,18H,8-11,13H2,1H3,(H2,25,26,30)/t18-/m0/s1. The number of ether oxygens (including phenoxy) is 1. The van der Waals surface area contributed by atoms with Crippen molar-refractivity contribution in [3.05, 3.63) is 64.6 Å². The van der Waals surface area contributed by atoms with Crippen molar-refractivity contribution in [1.82, 2.24) is 25.5 Å². The van der Waals surface area contributed by atoms with E-state index < -0.39 is 12.0 Å². The van der Waals surface area contributed by atoms with Crippen LogP contribution in [0.3, 0.4) is 0 Å². The highest BCUT2D eigenvalue weighted by Crippen LogP contribution is 2.29. The maximum Gasteiger partial charge on any atom is 0.338 e. The van der Waals surface area contributed by atoms with Gasteiger partial charge < -0.3 is 20.3 Å². The van der Waals surface area contributed by atoms with Gasteiger partial charge >= 0.3 is 12.0 Å². The fourth-order valence-corrected chi connectivity index (χ4v) is 4.01. The number of carbonyl (C=O) groups is 2. The van der Waals surface area contributed by atoms with Crippen molar-refractivity contribution >= 4 is 29.5 Å². The number of esters is 1. The molecule has 2 aliphatic heterocycles. The molecule has 2 amide bonds. The van der Waals surface area contributed by atoms with Gasteiger partial charge in [-0.05, 0) is 23.8 Å². The molecule has 1 aromatic carbocycles. The summed E-state index contributed by atoms with van der Waals surface area (Å²) in [6, 6.07) is 7.85. The lowest BCUT2D eigenvalue weighted by atomic mass is 9.95. The van der Waals surface area contributed by atoms with Crippen molar-refractivity contribution in [3.63, 3.8) is 0 Å². The van der Waals surface area contributed by atoms with Gasteiger partial charge in [-0.1, -0.05) is 23.7 Å². The van der Waals surface area contributed by atoms with Crippen LogP contribution in [0.5, 0.6) is 0 Å². The lowest BCUT2D eigenvalue weighted by Crippen LogP contribution is -2.52. The summed E-state index contributed by atoms with van der Waals surface area (Å²) in [5.74, 6) is 0.205. The minimum Gasteiger partial charge on any atom is -0.466 e. The van der Waals surface area contributed by atoms with Crippen LogP contribution in [0.2, 0.25) is 5.02 Å². The Hall–Kier alpha value is -3.17. The number of amides is 2. The maximum atomic E-state index is 12.7. The number of benzene rings is 1. The summed E-state index contributed by atoms with van der Waals surface area (Å²) in [7, 11) is 1.33. The van der Waals surface area contributed by atoms with Crippen molar-refractivity contribution in [2.75, 3.05) is 44.7 Å². The minimum atomic E-state index is -0.645. The van der Waals surface area contributed by atoms with Gasteiger partial charge in [-0.2, -0.15) is 0 Å². The third-order valence-electron chi connectivity index (χ3n) is 5.33. The van der Waals surface area contributed by atoms with Gasteiger partial charge in [0, 0.05) is 55.8 Å². The third kappa shape index (κ3) is 4.78. The summed E-state index contributed by atoms with van der Waals surface area (Å²) in [6.45, 7) is 3.38. The van der Waals surface area contributed by atoms with Gasteiger partial charge in [-0.3, -0.25) is 4.90 Å². The van der Waals surface area contributed by atoms with E-state index >= 15 is 0 Å². The fraction of sp³-hybridized carbons (Fsp3) is 0.333. The Morgan fingerprint density at radius 1 is 1.19 bits per heavy atom. The molecule has 9 nitrogen and oxygen atoms in total. The van der Waals surface area contributed by atoms with E-state index in [1.807, 2.05) is 6.07 Å². The topological polar surface area (TPSA) is 99.7 Å². The molecule has 1 aromatic heterocycles. The van der Waals surface area contributed by atoms with Crippen LogP contribution in [0.1, 0.15) is 11.6 Å². The molecule has 31 heavy (non-hydrogen) atoms. The van der Waals surface area contributed by atoms with Crippen LogP contribution in [0, 0.1) is 0 Å². The third-order valence-corrected chi connectivity index (χ3v) is 5.57. The van der Waals surface area contributed by atoms with Gasteiger partial charge in [0.05, 0.1) is 18.7 Å². The number of hydrogen-bond acceptors (Lipinski definition) is 7. The largest absolute Gasteiger partial charge is 0.466 e. The quantitative estimate of drug-likeness (QED) is 0.680. The second kappa shape index (κ2) is 9.32. The van der Waals surface area contributed by atoms with E-state index in [9.17, 15) is 9.59 Å². The number of methoxy groups -OCH3 is 1. The molecule has 1 saturated heterocycles. The molecule has 0 saturated carbocycles. The number of piperazine rings is 1. The molecule has 2 N–H and O–H groups in total. The lowest BCUT2D eigenvalue weighted by molar-refractivity contribution is -0.136. The first kappa shape index (κ1) is 21.1. The van der Waals surface area contributed by atoms with Crippen LogP contribution in [0.15, 0.2) is 54.0 Å². The second-order valence-corrected chi connectivity index (χ2v) is 7.72. The average molecular weight is 443 g/mol. The summed E-state index contributed by atoms with van der Waals surface area (Å²) in [6.07, 6.45) is 3.45. The predicted molar refractivity (Wildman–Crippen MR) is 116 cm³/mol. The van der Waals surface area contributed by atoms with Gasteiger partial charge in [0.2, 0.25) is 5.95 Å². The number of urea groups is 1. The molecule has 0 spiro atoms. The van der Waals surface area contributed by atoms with E-state index in [1.54, 1.807) is 36.7 Å². The number of hydrogen-bond donors (Lipinski definition) is 2. The summed E-state index contributed by atoms with van der Waals surface area (Å²) < 4.78 is 5.04. The van der Waals surface area contributed by atoms with Crippen LogP contribution in [-0.4, -0.2) is 66.7 Å². The summed E-state index contributed by atoms with van der Waals surface area (Å²) >= 11 is 6.13. The Labute approximate surface area is 185 Å². The molecule has 0 radical (unpaired) electrons. The predicted octanol–water partition coefficient (Wildman–Crippen LogP) is 1.73. The number of rotatable bonds is 5. The van der Waals surface area contributed by atoms with Gasteiger partial charge in [0.15, 0.2) is 0 Å². The highest BCUT2D eigenvalue weighted by Gasteiger charge is 2.34. The smallest absolute Gasteiger partial charge is 0.338 e. The Balaban J connectivity index is 1.55. The normalized spacial score (nSPS) is 19.6. The highest BCUT2D eigenvalue weighted by atomic mass is 35.5. The summed E-state index contributed by atoms with van der Waals surface area (Å²) in [5.41, 5.74) is 1.62. The molecule has 10 heteroatoms. The van der Waals surface area contributed by atoms with Crippen LogP contribution in [0.25, 0.3) is 0 Å². The molecule has 0 aliphatic carbocycles. The number of carbonyl (C=O) groups excluding carboxylic acids is 2. The molecule has 2 aromatic rings. The van der Waals surface area contributed by atoms with Crippen molar-refractivity contribution in [3.8, 4) is 0 Å². The molecular weight excluding hydrogens is 420 g/mol. The highest BCUT2D eigenvalue weighted by molar-refractivity contribution is 6.30. The summed E-state index contributed by atoms with van der Waals surface area (Å²) in [5, 5.41) is 6.14. The van der Waals surface area contributed by atoms with Crippen molar-refractivity contribution < 1.29 is 14.3 Å². The molecule has 0 unspecified atom stereocenters. The molecule has 3 heterocycles. The zero-order chi connectivity index (χ0) is 21.8. The summed E-state index contributed by atoms with van der Waals surface area (Å²) in [4.78, 5) is 38.0. The van der Waals surface area contributed by atoms with Crippen LogP contribution < -0.4 is 15.5 Å². The van der Waals surface area contributed by atoms with E-state index in [4.69, 9.17) is 16.3 Å². The first-order valence-corrected chi connectivity index (χ1v) is 10.3. The van der Waals surface area contributed by atoms with Crippen LogP contribution in [0.4, 0.5) is 10.7 Å².